The number of hydrogen-bond donors (Lipinski definition) is 3. The lowest BCUT2D eigenvalue weighted by Crippen LogP contribution is -2.05. The summed E-state index contributed by atoms with van der Waals surface area (Å²) in [5, 5.41) is 11.5. The van der Waals surface area contributed by atoms with Crippen LogP contribution < -0.4 is 11.1 Å². The smallest absolute Gasteiger partial charge is 0.222 e. The van der Waals surface area contributed by atoms with Gasteiger partial charge in [0.1, 0.15) is 5.82 Å². The van der Waals surface area contributed by atoms with Gasteiger partial charge in [-0.25, -0.2) is 4.98 Å². The lowest BCUT2D eigenvalue weighted by atomic mass is 10.0. The molecule has 6 nitrogen and oxygen atoms in total. The van der Waals surface area contributed by atoms with Crippen molar-refractivity contribution < 1.29 is 0 Å². The molecule has 0 unspecified atom stereocenters. The standard InChI is InChI=1S/C20H20N6/c1-12-5-13(2)7-16(6-12)17-9-19(25-20(21)24-17)22-10-14-3-4-15-11-23-26-18(15)8-14/h3-9,11H,10H2,1-2H3,(H,23,26)(H3,21,22,24,25). The van der Waals surface area contributed by atoms with Crippen molar-refractivity contribution in [2.24, 2.45) is 0 Å². The minimum atomic E-state index is 0.258. The minimum Gasteiger partial charge on any atom is -0.368 e. The van der Waals surface area contributed by atoms with E-state index < -0.39 is 0 Å². The molecule has 2 aromatic heterocycles. The van der Waals surface area contributed by atoms with Gasteiger partial charge in [0.15, 0.2) is 0 Å². The van der Waals surface area contributed by atoms with Gasteiger partial charge in [0.25, 0.3) is 0 Å². The van der Waals surface area contributed by atoms with Gasteiger partial charge in [-0.15, -0.1) is 0 Å². The summed E-state index contributed by atoms with van der Waals surface area (Å²) in [4.78, 5) is 8.70. The summed E-state index contributed by atoms with van der Waals surface area (Å²) in [6.45, 7) is 4.79. The number of nitrogens with zero attached hydrogens (tertiary/aromatic N) is 3. The van der Waals surface area contributed by atoms with E-state index in [1.54, 1.807) is 0 Å². The Hall–Kier alpha value is -3.41. The van der Waals surface area contributed by atoms with E-state index in [4.69, 9.17) is 5.73 Å². The molecule has 26 heavy (non-hydrogen) atoms. The molecule has 2 aromatic carbocycles. The van der Waals surface area contributed by atoms with Gasteiger partial charge in [0, 0.05) is 23.6 Å². The molecule has 0 bridgehead atoms. The molecule has 0 aliphatic rings. The van der Waals surface area contributed by atoms with Crippen molar-refractivity contribution >= 4 is 22.7 Å². The van der Waals surface area contributed by atoms with E-state index in [1.165, 1.54) is 11.1 Å². The van der Waals surface area contributed by atoms with Crippen LogP contribution in [0.5, 0.6) is 0 Å². The second kappa shape index (κ2) is 6.48. The van der Waals surface area contributed by atoms with E-state index in [0.717, 1.165) is 27.7 Å². The molecule has 0 saturated carbocycles. The zero-order valence-corrected chi connectivity index (χ0v) is 14.7. The molecule has 4 aromatic rings. The Kier molecular flexibility index (Phi) is 4.01. The van der Waals surface area contributed by atoms with Crippen LogP contribution in [-0.4, -0.2) is 20.2 Å². The van der Waals surface area contributed by atoms with Gasteiger partial charge in [-0.2, -0.15) is 10.1 Å². The van der Waals surface area contributed by atoms with Crippen LogP contribution in [-0.2, 0) is 6.54 Å². The Morgan fingerprint density at radius 1 is 1.00 bits per heavy atom. The van der Waals surface area contributed by atoms with Gasteiger partial charge >= 0.3 is 0 Å². The number of aromatic nitrogens is 4. The SMILES string of the molecule is Cc1cc(C)cc(-c2cc(NCc3ccc4cn[nH]c4c3)nc(N)n2)c1. The zero-order valence-electron chi connectivity index (χ0n) is 14.7. The topological polar surface area (TPSA) is 92.5 Å². The summed E-state index contributed by atoms with van der Waals surface area (Å²) in [6.07, 6.45) is 1.81. The van der Waals surface area contributed by atoms with Crippen LogP contribution in [0.15, 0.2) is 48.7 Å². The third-order valence-corrected chi connectivity index (χ3v) is 4.24. The Balaban J connectivity index is 1.59. The highest BCUT2D eigenvalue weighted by molar-refractivity contribution is 5.78. The van der Waals surface area contributed by atoms with Crippen molar-refractivity contribution in [2.45, 2.75) is 20.4 Å². The first-order valence-electron chi connectivity index (χ1n) is 8.46. The summed E-state index contributed by atoms with van der Waals surface area (Å²) < 4.78 is 0. The lowest BCUT2D eigenvalue weighted by molar-refractivity contribution is 1.09. The summed E-state index contributed by atoms with van der Waals surface area (Å²) in [7, 11) is 0. The highest BCUT2D eigenvalue weighted by Gasteiger charge is 2.07. The van der Waals surface area contributed by atoms with Crippen LogP contribution in [0.25, 0.3) is 22.2 Å². The van der Waals surface area contributed by atoms with Gasteiger partial charge in [0.2, 0.25) is 5.95 Å². The molecule has 0 aliphatic carbocycles. The highest BCUT2D eigenvalue weighted by atomic mass is 15.1. The molecule has 2 heterocycles. The number of benzene rings is 2. The number of nitrogens with two attached hydrogens (primary N) is 1. The molecule has 0 radical (unpaired) electrons. The lowest BCUT2D eigenvalue weighted by Gasteiger charge is -2.10. The van der Waals surface area contributed by atoms with E-state index in [9.17, 15) is 0 Å². The molecule has 4 N–H and O–H groups in total. The third-order valence-electron chi connectivity index (χ3n) is 4.24. The normalized spacial score (nSPS) is 11.0. The van der Waals surface area contributed by atoms with Crippen molar-refractivity contribution in [3.05, 3.63) is 65.4 Å². The van der Waals surface area contributed by atoms with Crippen LogP contribution in [0.3, 0.4) is 0 Å². The Morgan fingerprint density at radius 3 is 2.62 bits per heavy atom. The molecule has 4 rings (SSSR count). The Morgan fingerprint density at radius 2 is 1.81 bits per heavy atom. The molecular weight excluding hydrogens is 324 g/mol. The van der Waals surface area contributed by atoms with Crippen LogP contribution >= 0.6 is 0 Å². The number of hydrogen-bond acceptors (Lipinski definition) is 5. The van der Waals surface area contributed by atoms with Crippen LogP contribution in [0.1, 0.15) is 16.7 Å². The summed E-state index contributed by atoms with van der Waals surface area (Å²) in [5.74, 6) is 0.963. The maximum atomic E-state index is 5.93. The number of fused-ring (bicyclic) bond motifs is 1. The molecule has 0 amide bonds. The van der Waals surface area contributed by atoms with Crippen molar-refractivity contribution in [1.29, 1.82) is 0 Å². The number of nitrogens with one attached hydrogen (secondary N) is 2. The maximum absolute atomic E-state index is 5.93. The first-order chi connectivity index (χ1) is 12.6. The quantitative estimate of drug-likeness (QED) is 0.523. The van der Waals surface area contributed by atoms with Gasteiger partial charge in [-0.3, -0.25) is 5.10 Å². The fraction of sp³-hybridized carbons (Fsp3) is 0.150. The number of anilines is 2. The predicted octanol–water partition coefficient (Wildman–Crippen LogP) is 3.83. The molecular formula is C20H20N6. The first kappa shape index (κ1) is 16.1. The number of rotatable bonds is 4. The van der Waals surface area contributed by atoms with E-state index in [1.807, 2.05) is 18.3 Å². The first-order valence-corrected chi connectivity index (χ1v) is 8.46. The highest BCUT2D eigenvalue weighted by Crippen LogP contribution is 2.23. The summed E-state index contributed by atoms with van der Waals surface area (Å²) >= 11 is 0. The second-order valence-electron chi connectivity index (χ2n) is 6.52. The number of nitrogen functional groups attached to an aromatic ring is 1. The van der Waals surface area contributed by atoms with Crippen molar-refractivity contribution in [3.63, 3.8) is 0 Å². The van der Waals surface area contributed by atoms with Gasteiger partial charge in [-0.1, -0.05) is 29.3 Å². The van der Waals surface area contributed by atoms with Gasteiger partial charge < -0.3 is 11.1 Å². The molecule has 0 atom stereocenters. The fourth-order valence-electron chi connectivity index (χ4n) is 3.11. The number of H-pyrrole nitrogens is 1. The average molecular weight is 344 g/mol. The van der Waals surface area contributed by atoms with E-state index in [0.29, 0.717) is 12.4 Å². The van der Waals surface area contributed by atoms with Crippen molar-refractivity contribution in [2.75, 3.05) is 11.1 Å². The zero-order chi connectivity index (χ0) is 18.1. The Bertz CT molecular complexity index is 1060. The fourth-order valence-corrected chi connectivity index (χ4v) is 3.11. The molecule has 130 valence electrons. The Labute approximate surface area is 151 Å². The molecule has 0 saturated heterocycles. The van der Waals surface area contributed by atoms with E-state index in [-0.39, 0.29) is 5.95 Å². The van der Waals surface area contributed by atoms with Crippen LogP contribution in [0, 0.1) is 13.8 Å². The molecule has 0 spiro atoms. The van der Waals surface area contributed by atoms with Gasteiger partial charge in [-0.05, 0) is 37.6 Å². The number of aromatic amines is 1. The maximum Gasteiger partial charge on any atom is 0.222 e. The van der Waals surface area contributed by atoms with Crippen LogP contribution in [0.2, 0.25) is 0 Å². The van der Waals surface area contributed by atoms with Crippen molar-refractivity contribution in [1.82, 2.24) is 20.2 Å². The molecule has 0 fully saturated rings. The number of aryl methyl sites for hydroxylation is 2. The summed E-state index contributed by atoms with van der Waals surface area (Å²) in [6, 6.07) is 14.5. The van der Waals surface area contributed by atoms with Crippen LogP contribution in [0.4, 0.5) is 11.8 Å². The minimum absolute atomic E-state index is 0.258. The summed E-state index contributed by atoms with van der Waals surface area (Å²) in [5.41, 5.74) is 12.3. The van der Waals surface area contributed by atoms with Crippen molar-refractivity contribution in [3.8, 4) is 11.3 Å². The molecule has 0 aliphatic heterocycles. The monoisotopic (exact) mass is 344 g/mol. The largest absolute Gasteiger partial charge is 0.368 e. The van der Waals surface area contributed by atoms with E-state index >= 15 is 0 Å². The average Bonchev–Trinajstić information content (AvgIpc) is 3.06. The third kappa shape index (κ3) is 3.35. The predicted molar refractivity (Wildman–Crippen MR) is 105 cm³/mol. The molecule has 6 heteroatoms. The second-order valence-corrected chi connectivity index (χ2v) is 6.52. The van der Waals surface area contributed by atoms with Gasteiger partial charge in [0.05, 0.1) is 17.4 Å². The van der Waals surface area contributed by atoms with E-state index in [2.05, 4.69) is 69.7 Å².